The van der Waals surface area contributed by atoms with Gasteiger partial charge in [0.25, 0.3) is 5.91 Å². The maximum Gasteiger partial charge on any atom is 0.251 e. The van der Waals surface area contributed by atoms with E-state index in [0.717, 1.165) is 43.6 Å². The van der Waals surface area contributed by atoms with Crippen molar-refractivity contribution >= 4 is 22.5 Å². The molecule has 0 spiro atoms. The monoisotopic (exact) mass is 378 g/mol. The fourth-order valence-corrected chi connectivity index (χ4v) is 3.59. The van der Waals surface area contributed by atoms with Crippen LogP contribution in [0.2, 0.25) is 0 Å². The van der Waals surface area contributed by atoms with Crippen molar-refractivity contribution in [1.82, 2.24) is 15.2 Å². The molecule has 0 aliphatic carbocycles. The van der Waals surface area contributed by atoms with E-state index in [-0.39, 0.29) is 11.7 Å². The molecule has 28 heavy (non-hydrogen) atoms. The number of carbonyl (C=O) groups is 1. The van der Waals surface area contributed by atoms with Crippen molar-refractivity contribution < 1.29 is 9.18 Å². The number of nitrogens with zero attached hydrogens (tertiary/aromatic N) is 3. The molecule has 1 aromatic heterocycles. The lowest BCUT2D eigenvalue weighted by molar-refractivity contribution is 0.0947. The molecule has 1 aliphatic rings. The molecule has 0 atom stereocenters. The molecule has 4 rings (SSSR count). The van der Waals surface area contributed by atoms with E-state index >= 15 is 0 Å². The zero-order valence-electron chi connectivity index (χ0n) is 15.6. The summed E-state index contributed by atoms with van der Waals surface area (Å²) in [6, 6.07) is 16.0. The van der Waals surface area contributed by atoms with Gasteiger partial charge in [0.1, 0.15) is 5.82 Å². The van der Waals surface area contributed by atoms with Gasteiger partial charge in [0.05, 0.1) is 11.2 Å². The molecule has 0 unspecified atom stereocenters. The van der Waals surface area contributed by atoms with E-state index in [0.29, 0.717) is 12.1 Å². The minimum absolute atomic E-state index is 0.166. The molecule has 2 heterocycles. The summed E-state index contributed by atoms with van der Waals surface area (Å²) in [5.74, 6) is -0.503. The van der Waals surface area contributed by atoms with Crippen LogP contribution in [-0.4, -0.2) is 55.1 Å². The Bertz CT molecular complexity index is 947. The first kappa shape index (κ1) is 18.4. The number of anilines is 1. The van der Waals surface area contributed by atoms with Gasteiger partial charge in [-0.15, -0.1) is 0 Å². The molecule has 3 aromatic rings. The van der Waals surface area contributed by atoms with Gasteiger partial charge in [-0.25, -0.2) is 4.39 Å². The van der Waals surface area contributed by atoms with E-state index in [1.54, 1.807) is 0 Å². The predicted octanol–water partition coefficient (Wildman–Crippen LogP) is 2.93. The van der Waals surface area contributed by atoms with E-state index in [4.69, 9.17) is 0 Å². The van der Waals surface area contributed by atoms with Crippen LogP contribution >= 0.6 is 0 Å². The average molecular weight is 378 g/mol. The average Bonchev–Trinajstić information content (AvgIpc) is 2.74. The van der Waals surface area contributed by atoms with E-state index < -0.39 is 0 Å². The van der Waals surface area contributed by atoms with E-state index in [1.165, 1.54) is 30.0 Å². The highest BCUT2D eigenvalue weighted by Gasteiger charge is 2.19. The minimum atomic E-state index is -0.337. The third-order valence-corrected chi connectivity index (χ3v) is 5.14. The summed E-state index contributed by atoms with van der Waals surface area (Å²) >= 11 is 0. The second-order valence-corrected chi connectivity index (χ2v) is 6.94. The molecule has 1 fully saturated rings. The summed E-state index contributed by atoms with van der Waals surface area (Å²) in [5, 5.41) is 4.06. The topological polar surface area (TPSA) is 48.5 Å². The SMILES string of the molecule is O=C(NCCN1CCN(c2cccc3cccnc23)CC1)c1ccc(F)cc1. The van der Waals surface area contributed by atoms with Crippen molar-refractivity contribution in [3.05, 3.63) is 72.2 Å². The van der Waals surface area contributed by atoms with Crippen molar-refractivity contribution in [2.45, 2.75) is 0 Å². The molecule has 144 valence electrons. The van der Waals surface area contributed by atoms with Crippen LogP contribution in [0, 0.1) is 5.82 Å². The first-order valence-corrected chi connectivity index (χ1v) is 9.55. The van der Waals surface area contributed by atoms with Gasteiger partial charge < -0.3 is 10.2 Å². The van der Waals surface area contributed by atoms with Crippen molar-refractivity contribution in [3.8, 4) is 0 Å². The molecule has 1 amide bonds. The van der Waals surface area contributed by atoms with Crippen molar-refractivity contribution in [2.24, 2.45) is 0 Å². The zero-order valence-corrected chi connectivity index (χ0v) is 15.6. The van der Waals surface area contributed by atoms with Crippen LogP contribution in [0.4, 0.5) is 10.1 Å². The number of piperazine rings is 1. The summed E-state index contributed by atoms with van der Waals surface area (Å²) in [6.07, 6.45) is 1.84. The highest BCUT2D eigenvalue weighted by Crippen LogP contribution is 2.25. The molecular weight excluding hydrogens is 355 g/mol. The Balaban J connectivity index is 1.27. The number of para-hydroxylation sites is 1. The molecule has 0 saturated carbocycles. The molecule has 0 radical (unpaired) electrons. The first-order valence-electron chi connectivity index (χ1n) is 9.55. The Labute approximate surface area is 163 Å². The van der Waals surface area contributed by atoms with Gasteiger partial charge in [0.2, 0.25) is 0 Å². The molecule has 6 heteroatoms. The number of fused-ring (bicyclic) bond motifs is 1. The minimum Gasteiger partial charge on any atom is -0.367 e. The van der Waals surface area contributed by atoms with Gasteiger partial charge in [0.15, 0.2) is 0 Å². The summed E-state index contributed by atoms with van der Waals surface area (Å²) in [7, 11) is 0. The van der Waals surface area contributed by atoms with Crippen LogP contribution in [0.1, 0.15) is 10.4 Å². The van der Waals surface area contributed by atoms with Crippen LogP contribution in [0.25, 0.3) is 10.9 Å². The van der Waals surface area contributed by atoms with Gasteiger partial charge in [-0.1, -0.05) is 18.2 Å². The Kier molecular flexibility index (Phi) is 5.48. The number of rotatable bonds is 5. The van der Waals surface area contributed by atoms with Crippen LogP contribution in [0.15, 0.2) is 60.8 Å². The highest BCUT2D eigenvalue weighted by molar-refractivity contribution is 5.94. The number of nitrogens with one attached hydrogen (secondary N) is 1. The third-order valence-electron chi connectivity index (χ3n) is 5.14. The number of halogens is 1. The first-order chi connectivity index (χ1) is 13.7. The Morgan fingerprint density at radius 1 is 1.00 bits per heavy atom. The summed E-state index contributed by atoms with van der Waals surface area (Å²) in [5.41, 5.74) is 2.71. The molecular formula is C22H23FN4O. The highest BCUT2D eigenvalue weighted by atomic mass is 19.1. The Hall–Kier alpha value is -2.99. The van der Waals surface area contributed by atoms with Gasteiger partial charge in [-0.05, 0) is 36.4 Å². The second-order valence-electron chi connectivity index (χ2n) is 6.94. The molecule has 0 bridgehead atoms. The maximum absolute atomic E-state index is 12.9. The van der Waals surface area contributed by atoms with Crippen LogP contribution in [0.5, 0.6) is 0 Å². The Morgan fingerprint density at radius 3 is 2.54 bits per heavy atom. The number of aromatic nitrogens is 1. The maximum atomic E-state index is 12.9. The number of benzene rings is 2. The normalized spacial score (nSPS) is 15.0. The standard InChI is InChI=1S/C22H23FN4O/c23-19-8-6-18(7-9-19)22(28)25-11-12-26-13-15-27(16-14-26)20-5-1-3-17-4-2-10-24-21(17)20/h1-10H,11-16H2,(H,25,28). The van der Waals surface area contributed by atoms with Crippen LogP contribution in [0.3, 0.4) is 0 Å². The number of hydrogen-bond acceptors (Lipinski definition) is 4. The van der Waals surface area contributed by atoms with Crippen molar-refractivity contribution in [3.63, 3.8) is 0 Å². The van der Waals surface area contributed by atoms with E-state index in [9.17, 15) is 9.18 Å². The largest absolute Gasteiger partial charge is 0.367 e. The number of carbonyl (C=O) groups excluding carboxylic acids is 1. The molecule has 5 nitrogen and oxygen atoms in total. The van der Waals surface area contributed by atoms with Gasteiger partial charge >= 0.3 is 0 Å². The fraction of sp³-hybridized carbons (Fsp3) is 0.273. The van der Waals surface area contributed by atoms with Crippen LogP contribution < -0.4 is 10.2 Å². The smallest absolute Gasteiger partial charge is 0.251 e. The molecule has 1 aliphatic heterocycles. The molecule has 1 N–H and O–H groups in total. The molecule has 1 saturated heterocycles. The lowest BCUT2D eigenvalue weighted by Gasteiger charge is -2.36. The molecule has 2 aromatic carbocycles. The number of hydrogen-bond donors (Lipinski definition) is 1. The van der Waals surface area contributed by atoms with Gasteiger partial charge in [-0.3, -0.25) is 14.7 Å². The summed E-state index contributed by atoms with van der Waals surface area (Å²) < 4.78 is 12.9. The van der Waals surface area contributed by atoms with Gasteiger partial charge in [-0.2, -0.15) is 0 Å². The third kappa shape index (κ3) is 4.12. The van der Waals surface area contributed by atoms with E-state index in [1.807, 2.05) is 12.3 Å². The summed E-state index contributed by atoms with van der Waals surface area (Å²) in [6.45, 7) is 5.12. The Morgan fingerprint density at radius 2 is 1.75 bits per heavy atom. The quantitative estimate of drug-likeness (QED) is 0.742. The predicted molar refractivity (Wildman–Crippen MR) is 109 cm³/mol. The number of amides is 1. The zero-order chi connectivity index (χ0) is 19.3. The fourth-order valence-electron chi connectivity index (χ4n) is 3.59. The van der Waals surface area contributed by atoms with Crippen molar-refractivity contribution in [1.29, 1.82) is 0 Å². The lowest BCUT2D eigenvalue weighted by atomic mass is 10.1. The number of pyridine rings is 1. The van der Waals surface area contributed by atoms with Gasteiger partial charge in [0, 0.05) is 56.4 Å². The summed E-state index contributed by atoms with van der Waals surface area (Å²) in [4.78, 5) is 21.4. The van der Waals surface area contributed by atoms with Crippen molar-refractivity contribution in [2.75, 3.05) is 44.2 Å². The van der Waals surface area contributed by atoms with Crippen LogP contribution in [-0.2, 0) is 0 Å². The van der Waals surface area contributed by atoms with E-state index in [2.05, 4.69) is 44.4 Å². The lowest BCUT2D eigenvalue weighted by Crippen LogP contribution is -2.48. The second kappa shape index (κ2) is 8.35.